The van der Waals surface area contributed by atoms with Crippen LogP contribution in [-0.2, 0) is 4.79 Å². The molecular weight excluding hydrogens is 466 g/mol. The van der Waals surface area contributed by atoms with Crippen LogP contribution in [-0.4, -0.2) is 49.7 Å². The second-order valence-corrected chi connectivity index (χ2v) is 10.1. The van der Waals surface area contributed by atoms with Crippen LogP contribution in [0.15, 0.2) is 60.3 Å². The number of allylic oxidation sites excluding steroid dienone is 4. The van der Waals surface area contributed by atoms with Crippen molar-refractivity contribution >= 4 is 28.9 Å². The molecule has 2 aromatic carbocycles. The summed E-state index contributed by atoms with van der Waals surface area (Å²) in [6, 6.07) is 13.4. The summed E-state index contributed by atoms with van der Waals surface area (Å²) in [6.07, 6.45) is 9.64. The number of hydrogen-bond donors (Lipinski definition) is 0. The standard InChI is InChI=1S/C30H35N3O4/c1-20-19-32(30(35)37-25-15-13-24(36-4)14-16-25)29-18-22(10-17-28(29)33(20)21(2)34)26-8-6-5-7-9-27(26)31(3)23-11-12-23/h6,8,10,13-18,20,23H,5,7,9,11-12,19H2,1-4H3/t20-/m0/s1. The number of carbonyl (C=O) groups excluding carboxylic acids is 2. The van der Waals surface area contributed by atoms with E-state index in [4.69, 9.17) is 9.47 Å². The van der Waals surface area contributed by atoms with E-state index in [2.05, 4.69) is 30.2 Å². The smallest absolute Gasteiger partial charge is 0.419 e. The molecule has 1 atom stereocenters. The summed E-state index contributed by atoms with van der Waals surface area (Å²) in [5, 5.41) is 0. The number of rotatable bonds is 5. The Kier molecular flexibility index (Phi) is 6.96. The van der Waals surface area contributed by atoms with Gasteiger partial charge in [0.15, 0.2) is 0 Å². The van der Waals surface area contributed by atoms with Crippen molar-refractivity contribution in [3.8, 4) is 11.5 Å². The van der Waals surface area contributed by atoms with Gasteiger partial charge in [-0.25, -0.2) is 4.79 Å². The summed E-state index contributed by atoms with van der Waals surface area (Å²) in [5.74, 6) is 1.08. The average molecular weight is 502 g/mol. The Morgan fingerprint density at radius 3 is 2.43 bits per heavy atom. The number of hydrogen-bond acceptors (Lipinski definition) is 5. The molecule has 2 aliphatic carbocycles. The minimum absolute atomic E-state index is 0.0487. The van der Waals surface area contributed by atoms with E-state index in [1.165, 1.54) is 24.1 Å². The summed E-state index contributed by atoms with van der Waals surface area (Å²) in [4.78, 5) is 31.9. The number of methoxy groups -OCH3 is 1. The number of benzene rings is 2. The predicted molar refractivity (Wildman–Crippen MR) is 146 cm³/mol. The van der Waals surface area contributed by atoms with E-state index in [1.54, 1.807) is 48.1 Å². The van der Waals surface area contributed by atoms with Gasteiger partial charge < -0.3 is 19.3 Å². The highest BCUT2D eigenvalue weighted by atomic mass is 16.6. The van der Waals surface area contributed by atoms with Gasteiger partial charge in [-0.1, -0.05) is 18.2 Å². The van der Waals surface area contributed by atoms with Crippen LogP contribution in [0.5, 0.6) is 11.5 Å². The number of anilines is 2. The Labute approximate surface area is 218 Å². The van der Waals surface area contributed by atoms with E-state index in [0.717, 1.165) is 30.5 Å². The van der Waals surface area contributed by atoms with Gasteiger partial charge in [-0.3, -0.25) is 9.69 Å². The van der Waals surface area contributed by atoms with Crippen molar-refractivity contribution in [2.24, 2.45) is 0 Å². The minimum atomic E-state index is -0.473. The average Bonchev–Trinajstić information content (AvgIpc) is 3.75. The third kappa shape index (κ3) is 5.08. The zero-order chi connectivity index (χ0) is 26.1. The lowest BCUT2D eigenvalue weighted by Gasteiger charge is -2.40. The Balaban J connectivity index is 1.55. The highest BCUT2D eigenvalue weighted by molar-refractivity contribution is 6.03. The largest absolute Gasteiger partial charge is 0.497 e. The van der Waals surface area contributed by atoms with Gasteiger partial charge in [0.2, 0.25) is 5.91 Å². The van der Waals surface area contributed by atoms with Crippen molar-refractivity contribution in [2.45, 2.75) is 58.0 Å². The molecule has 2 amide bonds. The first kappa shape index (κ1) is 24.9. The molecular formula is C30H35N3O4. The van der Waals surface area contributed by atoms with Crippen LogP contribution < -0.4 is 19.3 Å². The first-order valence-corrected chi connectivity index (χ1v) is 13.1. The molecule has 1 saturated carbocycles. The second kappa shape index (κ2) is 10.3. The Morgan fingerprint density at radius 1 is 1.03 bits per heavy atom. The quantitative estimate of drug-likeness (QED) is 0.503. The highest BCUT2D eigenvalue weighted by Crippen LogP contribution is 2.41. The molecule has 0 bridgehead atoms. The van der Waals surface area contributed by atoms with Crippen LogP contribution in [0, 0.1) is 0 Å². The van der Waals surface area contributed by atoms with Gasteiger partial charge in [0.05, 0.1) is 24.5 Å². The van der Waals surface area contributed by atoms with Gasteiger partial charge in [0.1, 0.15) is 11.5 Å². The number of amides is 2. The molecule has 7 heteroatoms. The molecule has 0 unspecified atom stereocenters. The molecule has 1 heterocycles. The van der Waals surface area contributed by atoms with Crippen LogP contribution in [0.4, 0.5) is 16.2 Å². The van der Waals surface area contributed by atoms with Gasteiger partial charge in [-0.05, 0) is 81.0 Å². The maximum absolute atomic E-state index is 13.5. The number of carbonyl (C=O) groups is 2. The third-order valence-electron chi connectivity index (χ3n) is 7.45. The monoisotopic (exact) mass is 501 g/mol. The molecule has 0 spiro atoms. The van der Waals surface area contributed by atoms with E-state index in [9.17, 15) is 9.59 Å². The van der Waals surface area contributed by atoms with Gasteiger partial charge in [-0.2, -0.15) is 0 Å². The second-order valence-electron chi connectivity index (χ2n) is 10.1. The molecule has 194 valence electrons. The summed E-state index contributed by atoms with van der Waals surface area (Å²) >= 11 is 0. The normalized spacial score (nSPS) is 19.3. The fourth-order valence-corrected chi connectivity index (χ4v) is 5.38. The molecule has 5 rings (SSSR count). The summed E-state index contributed by atoms with van der Waals surface area (Å²) in [6.45, 7) is 3.86. The lowest BCUT2D eigenvalue weighted by atomic mass is 9.98. The van der Waals surface area contributed by atoms with Crippen molar-refractivity contribution in [2.75, 3.05) is 30.5 Å². The van der Waals surface area contributed by atoms with Gasteiger partial charge in [0.25, 0.3) is 0 Å². The first-order valence-electron chi connectivity index (χ1n) is 13.1. The molecule has 0 N–H and O–H groups in total. The summed E-state index contributed by atoms with van der Waals surface area (Å²) in [5.41, 5.74) is 4.97. The Hall–Kier alpha value is -3.74. The summed E-state index contributed by atoms with van der Waals surface area (Å²) < 4.78 is 11.0. The van der Waals surface area contributed by atoms with Crippen LogP contribution in [0.3, 0.4) is 0 Å². The molecule has 37 heavy (non-hydrogen) atoms. The number of nitrogens with zero attached hydrogens (tertiary/aromatic N) is 3. The molecule has 2 aromatic rings. The van der Waals surface area contributed by atoms with Crippen molar-refractivity contribution in [3.05, 3.63) is 65.9 Å². The molecule has 0 radical (unpaired) electrons. The lowest BCUT2D eigenvalue weighted by molar-refractivity contribution is -0.117. The fraction of sp³-hybridized carbons (Fsp3) is 0.400. The molecule has 1 aliphatic heterocycles. The van der Waals surface area contributed by atoms with Crippen molar-refractivity contribution in [1.29, 1.82) is 0 Å². The SMILES string of the molecule is COc1ccc(OC(=O)N2C[C@H](C)N(C(C)=O)c3ccc(C4=C(N(C)C5CC5)CCCC=C4)cc32)cc1. The minimum Gasteiger partial charge on any atom is -0.497 e. The molecule has 1 fully saturated rings. The van der Waals surface area contributed by atoms with E-state index in [-0.39, 0.29) is 11.9 Å². The molecule has 7 nitrogen and oxygen atoms in total. The number of fused-ring (bicyclic) bond motifs is 1. The van der Waals surface area contributed by atoms with Gasteiger partial charge in [-0.15, -0.1) is 0 Å². The lowest BCUT2D eigenvalue weighted by Crippen LogP contribution is -2.52. The first-order chi connectivity index (χ1) is 17.9. The third-order valence-corrected chi connectivity index (χ3v) is 7.45. The maximum atomic E-state index is 13.5. The van der Waals surface area contributed by atoms with Crippen LogP contribution in [0.2, 0.25) is 0 Å². The Morgan fingerprint density at radius 2 is 1.76 bits per heavy atom. The van der Waals surface area contributed by atoms with Crippen LogP contribution in [0.1, 0.15) is 51.5 Å². The van der Waals surface area contributed by atoms with Crippen LogP contribution >= 0.6 is 0 Å². The topological polar surface area (TPSA) is 62.3 Å². The van der Waals surface area contributed by atoms with E-state index in [1.807, 2.05) is 19.1 Å². The van der Waals surface area contributed by atoms with Gasteiger partial charge in [0, 0.05) is 37.8 Å². The Bertz CT molecular complexity index is 1250. The zero-order valence-corrected chi connectivity index (χ0v) is 22.1. The van der Waals surface area contributed by atoms with E-state index in [0.29, 0.717) is 29.8 Å². The summed E-state index contributed by atoms with van der Waals surface area (Å²) in [7, 11) is 3.79. The number of ether oxygens (including phenoxy) is 2. The van der Waals surface area contributed by atoms with E-state index >= 15 is 0 Å². The van der Waals surface area contributed by atoms with Crippen molar-refractivity contribution in [1.82, 2.24) is 4.90 Å². The molecule has 0 aromatic heterocycles. The maximum Gasteiger partial charge on any atom is 0.419 e. The van der Waals surface area contributed by atoms with E-state index < -0.39 is 6.09 Å². The van der Waals surface area contributed by atoms with Crippen LogP contribution in [0.25, 0.3) is 5.57 Å². The zero-order valence-electron chi connectivity index (χ0n) is 22.1. The van der Waals surface area contributed by atoms with Gasteiger partial charge >= 0.3 is 6.09 Å². The fourth-order valence-electron chi connectivity index (χ4n) is 5.38. The molecule has 3 aliphatic rings. The highest BCUT2D eigenvalue weighted by Gasteiger charge is 2.35. The van der Waals surface area contributed by atoms with Crippen molar-refractivity contribution < 1.29 is 19.1 Å². The van der Waals surface area contributed by atoms with Crippen molar-refractivity contribution in [3.63, 3.8) is 0 Å². The predicted octanol–water partition coefficient (Wildman–Crippen LogP) is 6.00. The molecule has 0 saturated heterocycles.